The Bertz CT molecular complexity index is 754. The summed E-state index contributed by atoms with van der Waals surface area (Å²) in [5.74, 6) is 1.54. The molecule has 1 heterocycles. The van der Waals surface area contributed by atoms with Gasteiger partial charge in [-0.15, -0.1) is 0 Å². The first-order chi connectivity index (χ1) is 14.7. The monoisotopic (exact) mass is 413 g/mol. The van der Waals surface area contributed by atoms with E-state index in [2.05, 4.69) is 17.4 Å². The quantitative estimate of drug-likeness (QED) is 0.415. The van der Waals surface area contributed by atoms with Gasteiger partial charge in [-0.25, -0.2) is 4.79 Å². The molecule has 164 valence electrons. The molecule has 5 heteroatoms. The average Bonchev–Trinajstić information content (AvgIpc) is 3.03. The molecule has 4 aliphatic rings. The number of fused-ring (bicyclic) bond motifs is 1. The summed E-state index contributed by atoms with van der Waals surface area (Å²) in [6.45, 7) is 1.02. The first kappa shape index (κ1) is 20.2. The van der Waals surface area contributed by atoms with Crippen LogP contribution in [0.2, 0.25) is 0 Å². The van der Waals surface area contributed by atoms with Gasteiger partial charge >= 0.3 is 6.16 Å². The highest BCUT2D eigenvalue weighted by Gasteiger charge is 2.51. The van der Waals surface area contributed by atoms with Crippen molar-refractivity contribution in [3.8, 4) is 5.75 Å². The van der Waals surface area contributed by atoms with E-state index >= 15 is 0 Å². The normalized spacial score (nSPS) is 31.1. The first-order valence-corrected chi connectivity index (χ1v) is 12.1. The van der Waals surface area contributed by atoms with Crippen molar-refractivity contribution < 1.29 is 19.0 Å². The Labute approximate surface area is 179 Å². The molecule has 0 amide bonds. The third-order valence-corrected chi connectivity index (χ3v) is 8.09. The van der Waals surface area contributed by atoms with Crippen molar-refractivity contribution in [1.29, 1.82) is 0 Å². The van der Waals surface area contributed by atoms with E-state index in [-0.39, 0.29) is 12.9 Å². The first-order valence-electron chi connectivity index (χ1n) is 12.1. The zero-order valence-electron chi connectivity index (χ0n) is 18.0. The van der Waals surface area contributed by atoms with Crippen LogP contribution in [0.3, 0.4) is 0 Å². The fourth-order valence-corrected chi connectivity index (χ4v) is 6.67. The van der Waals surface area contributed by atoms with Crippen LogP contribution in [0.1, 0.15) is 81.8 Å². The van der Waals surface area contributed by atoms with E-state index in [1.807, 2.05) is 6.07 Å². The maximum Gasteiger partial charge on any atom is 0.511 e. The zero-order valence-corrected chi connectivity index (χ0v) is 18.0. The molecule has 1 saturated heterocycles. The second-order valence-electron chi connectivity index (χ2n) is 9.73. The maximum atomic E-state index is 12.0. The lowest BCUT2D eigenvalue weighted by atomic mass is 9.53. The number of benzene rings is 1. The highest BCUT2D eigenvalue weighted by atomic mass is 16.8. The van der Waals surface area contributed by atoms with E-state index < -0.39 is 6.16 Å². The fourth-order valence-electron chi connectivity index (χ4n) is 6.67. The van der Waals surface area contributed by atoms with Gasteiger partial charge in [-0.1, -0.05) is 31.7 Å². The van der Waals surface area contributed by atoms with Gasteiger partial charge in [0, 0.05) is 11.5 Å². The Hall–Kier alpha value is -1.75. The zero-order chi connectivity index (χ0) is 20.4. The topological polar surface area (TPSA) is 56.8 Å². The summed E-state index contributed by atoms with van der Waals surface area (Å²) in [7, 11) is 0. The fraction of sp³-hybridized carbons (Fsp3) is 0.720. The van der Waals surface area contributed by atoms with Crippen LogP contribution >= 0.6 is 0 Å². The summed E-state index contributed by atoms with van der Waals surface area (Å²) in [6, 6.07) is 7.10. The van der Waals surface area contributed by atoms with Crippen LogP contribution in [0.15, 0.2) is 18.2 Å². The van der Waals surface area contributed by atoms with Crippen LogP contribution in [-0.2, 0) is 21.3 Å². The van der Waals surface area contributed by atoms with Crippen molar-refractivity contribution in [2.24, 2.45) is 5.92 Å². The Morgan fingerprint density at radius 3 is 2.73 bits per heavy atom. The molecule has 5 nitrogen and oxygen atoms in total. The van der Waals surface area contributed by atoms with Crippen molar-refractivity contribution in [1.82, 2.24) is 5.32 Å². The molecule has 1 aliphatic heterocycles. The molecule has 0 aromatic heterocycles. The van der Waals surface area contributed by atoms with Crippen molar-refractivity contribution in [3.63, 3.8) is 0 Å². The van der Waals surface area contributed by atoms with E-state index in [0.717, 1.165) is 50.3 Å². The summed E-state index contributed by atoms with van der Waals surface area (Å²) < 4.78 is 16.5. The number of rotatable bonds is 4. The van der Waals surface area contributed by atoms with Crippen LogP contribution < -0.4 is 10.1 Å². The lowest BCUT2D eigenvalue weighted by Gasteiger charge is -2.56. The van der Waals surface area contributed by atoms with Gasteiger partial charge in [-0.05, 0) is 87.1 Å². The molecule has 5 rings (SSSR count). The molecule has 3 fully saturated rings. The van der Waals surface area contributed by atoms with Gasteiger partial charge in [0.15, 0.2) is 0 Å². The number of hydrogen-bond acceptors (Lipinski definition) is 5. The Morgan fingerprint density at radius 2 is 1.87 bits per heavy atom. The van der Waals surface area contributed by atoms with E-state index in [4.69, 9.17) is 14.2 Å². The number of carbonyl (C=O) groups excluding carboxylic acids is 1. The minimum absolute atomic E-state index is 0.000985. The minimum Gasteiger partial charge on any atom is -0.457 e. The number of nitrogens with one attached hydrogen (secondary N) is 1. The molecular weight excluding hydrogens is 378 g/mol. The molecule has 30 heavy (non-hydrogen) atoms. The summed E-state index contributed by atoms with van der Waals surface area (Å²) in [5, 5.41) is 3.78. The van der Waals surface area contributed by atoms with Gasteiger partial charge < -0.3 is 19.5 Å². The minimum atomic E-state index is -0.605. The predicted octanol–water partition coefficient (Wildman–Crippen LogP) is 5.24. The Morgan fingerprint density at radius 1 is 1.03 bits per heavy atom. The van der Waals surface area contributed by atoms with Crippen molar-refractivity contribution in [2.45, 2.75) is 94.6 Å². The molecule has 2 bridgehead atoms. The van der Waals surface area contributed by atoms with Crippen molar-refractivity contribution >= 4 is 6.16 Å². The Balaban J connectivity index is 1.21. The Kier molecular flexibility index (Phi) is 5.90. The number of piperidine rings is 1. The SMILES string of the molecule is O=C(OCOc1ccc2c(c1)[C@@]13CCCC[C@H]1[C@@H](C2)NCC3)OC1CCCCCC1. The van der Waals surface area contributed by atoms with E-state index in [0.29, 0.717) is 11.5 Å². The molecule has 1 aromatic carbocycles. The van der Waals surface area contributed by atoms with Crippen LogP contribution in [0, 0.1) is 5.92 Å². The number of hydrogen-bond donors (Lipinski definition) is 1. The van der Waals surface area contributed by atoms with Crippen LogP contribution in [0.25, 0.3) is 0 Å². The standard InChI is InChI=1S/C25H35NO4/c27-24(30-19-7-3-1-2-4-8-19)29-17-28-20-11-10-18-15-23-21-9-5-6-12-25(21,13-14-26-23)22(18)16-20/h10-11,16,19,21,23,26H,1-9,12-15,17H2/t21-,23+,25+/m0/s1. The summed E-state index contributed by atoms with van der Waals surface area (Å²) in [6.07, 6.45) is 13.6. The molecule has 2 saturated carbocycles. The highest BCUT2D eigenvalue weighted by Crippen LogP contribution is 2.54. The van der Waals surface area contributed by atoms with Gasteiger partial charge in [0.05, 0.1) is 0 Å². The van der Waals surface area contributed by atoms with E-state index in [1.165, 1.54) is 56.1 Å². The van der Waals surface area contributed by atoms with Crippen LogP contribution in [0.4, 0.5) is 4.79 Å². The smallest absolute Gasteiger partial charge is 0.457 e. The summed E-state index contributed by atoms with van der Waals surface area (Å²) >= 11 is 0. The summed E-state index contributed by atoms with van der Waals surface area (Å²) in [5.41, 5.74) is 3.26. The number of carbonyl (C=O) groups is 1. The van der Waals surface area contributed by atoms with Gasteiger partial charge in [0.2, 0.25) is 6.79 Å². The van der Waals surface area contributed by atoms with Gasteiger partial charge in [0.1, 0.15) is 11.9 Å². The lowest BCUT2D eigenvalue weighted by Crippen LogP contribution is -2.59. The highest BCUT2D eigenvalue weighted by molar-refractivity contribution is 5.60. The van der Waals surface area contributed by atoms with E-state index in [1.54, 1.807) is 0 Å². The van der Waals surface area contributed by atoms with Gasteiger partial charge in [0.25, 0.3) is 0 Å². The van der Waals surface area contributed by atoms with Crippen molar-refractivity contribution in [3.05, 3.63) is 29.3 Å². The van der Waals surface area contributed by atoms with Crippen molar-refractivity contribution in [2.75, 3.05) is 13.3 Å². The lowest BCUT2D eigenvalue weighted by molar-refractivity contribution is -0.0182. The molecule has 1 aromatic rings. The summed E-state index contributed by atoms with van der Waals surface area (Å²) in [4.78, 5) is 12.0. The molecule has 3 aliphatic carbocycles. The molecule has 0 unspecified atom stereocenters. The third-order valence-electron chi connectivity index (χ3n) is 8.09. The molecular formula is C25H35NO4. The second-order valence-corrected chi connectivity index (χ2v) is 9.73. The maximum absolute atomic E-state index is 12.0. The molecule has 1 N–H and O–H groups in total. The molecule has 0 radical (unpaired) electrons. The van der Waals surface area contributed by atoms with Crippen LogP contribution in [0.5, 0.6) is 5.75 Å². The predicted molar refractivity (Wildman–Crippen MR) is 115 cm³/mol. The van der Waals surface area contributed by atoms with Gasteiger partial charge in [-0.3, -0.25) is 0 Å². The van der Waals surface area contributed by atoms with E-state index in [9.17, 15) is 4.79 Å². The average molecular weight is 414 g/mol. The largest absolute Gasteiger partial charge is 0.511 e. The molecule has 0 spiro atoms. The number of ether oxygens (including phenoxy) is 3. The van der Waals surface area contributed by atoms with Crippen LogP contribution in [-0.4, -0.2) is 31.6 Å². The molecule has 3 atom stereocenters. The van der Waals surface area contributed by atoms with Gasteiger partial charge in [-0.2, -0.15) is 0 Å². The second kappa shape index (κ2) is 8.78. The third kappa shape index (κ3) is 3.93.